The molecule has 5 heteroatoms. The number of para-hydroxylation sites is 1. The molecule has 3 aromatic heterocycles. The van der Waals surface area contributed by atoms with Crippen molar-refractivity contribution in [3.05, 3.63) is 158 Å². The lowest BCUT2D eigenvalue weighted by molar-refractivity contribution is 0.672. The summed E-state index contributed by atoms with van der Waals surface area (Å²) in [5, 5.41) is 3.00. The van der Waals surface area contributed by atoms with Crippen molar-refractivity contribution < 1.29 is 4.42 Å². The van der Waals surface area contributed by atoms with Crippen molar-refractivity contribution in [1.82, 2.24) is 19.9 Å². The fraction of sp³-hybridized carbons (Fsp3) is 0. The average molecular weight is 603 g/mol. The summed E-state index contributed by atoms with van der Waals surface area (Å²) in [6, 6.07) is 53.3. The first kappa shape index (κ1) is 26.9. The zero-order valence-electron chi connectivity index (χ0n) is 25.2. The van der Waals surface area contributed by atoms with E-state index in [-0.39, 0.29) is 0 Å². The van der Waals surface area contributed by atoms with Gasteiger partial charge in [-0.1, -0.05) is 133 Å². The molecule has 0 unspecified atom stereocenters. The second-order valence-corrected chi connectivity index (χ2v) is 11.5. The molecule has 0 aliphatic carbocycles. The molecule has 0 atom stereocenters. The van der Waals surface area contributed by atoms with E-state index >= 15 is 0 Å². The van der Waals surface area contributed by atoms with E-state index in [0.717, 1.165) is 71.9 Å². The molecular formula is C42H26N4O. The summed E-state index contributed by atoms with van der Waals surface area (Å²) in [5.41, 5.74) is 9.35. The van der Waals surface area contributed by atoms with Crippen LogP contribution >= 0.6 is 0 Å². The summed E-state index contributed by atoms with van der Waals surface area (Å²) < 4.78 is 6.59. The molecule has 0 bridgehead atoms. The topological polar surface area (TPSA) is 64.7 Å². The van der Waals surface area contributed by atoms with Gasteiger partial charge in [-0.05, 0) is 35.4 Å². The van der Waals surface area contributed by atoms with Crippen LogP contribution in [-0.2, 0) is 0 Å². The molecule has 3 heterocycles. The van der Waals surface area contributed by atoms with Crippen molar-refractivity contribution in [2.75, 3.05) is 0 Å². The van der Waals surface area contributed by atoms with E-state index in [1.54, 1.807) is 0 Å². The first-order valence-electron chi connectivity index (χ1n) is 15.6. The van der Waals surface area contributed by atoms with Gasteiger partial charge in [0.05, 0.1) is 16.6 Å². The third-order valence-electron chi connectivity index (χ3n) is 8.51. The number of pyridine rings is 1. The predicted octanol–water partition coefficient (Wildman–Crippen LogP) is 10.7. The van der Waals surface area contributed by atoms with Gasteiger partial charge in [0, 0.05) is 33.0 Å². The maximum Gasteiger partial charge on any atom is 0.164 e. The molecule has 0 saturated carbocycles. The van der Waals surface area contributed by atoms with Crippen LogP contribution in [0, 0.1) is 0 Å². The molecule has 0 radical (unpaired) electrons. The molecule has 0 aliphatic rings. The van der Waals surface area contributed by atoms with Gasteiger partial charge in [-0.2, -0.15) is 0 Å². The minimum atomic E-state index is 0.598. The lowest BCUT2D eigenvalue weighted by Gasteiger charge is -2.11. The van der Waals surface area contributed by atoms with Crippen LogP contribution in [0.1, 0.15) is 0 Å². The van der Waals surface area contributed by atoms with Crippen molar-refractivity contribution >= 4 is 32.8 Å². The Labute approximate surface area is 270 Å². The molecule has 0 amide bonds. The minimum Gasteiger partial charge on any atom is -0.455 e. The van der Waals surface area contributed by atoms with Gasteiger partial charge in [0.25, 0.3) is 0 Å². The Balaban J connectivity index is 1.25. The Bertz CT molecular complexity index is 2500. The maximum absolute atomic E-state index is 6.59. The third-order valence-corrected chi connectivity index (χ3v) is 8.51. The van der Waals surface area contributed by atoms with Gasteiger partial charge in [-0.25, -0.2) is 19.9 Å². The summed E-state index contributed by atoms with van der Waals surface area (Å²) in [5.74, 6) is 1.85. The van der Waals surface area contributed by atoms with E-state index < -0.39 is 0 Å². The Hall–Kier alpha value is -6.46. The highest BCUT2D eigenvalue weighted by atomic mass is 16.3. The summed E-state index contributed by atoms with van der Waals surface area (Å²) in [6.45, 7) is 0. The summed E-state index contributed by atoms with van der Waals surface area (Å²) in [7, 11) is 0. The molecule has 220 valence electrons. The Kier molecular flexibility index (Phi) is 6.39. The Morgan fingerprint density at radius 3 is 1.60 bits per heavy atom. The Morgan fingerprint density at radius 2 is 0.915 bits per heavy atom. The van der Waals surface area contributed by atoms with Gasteiger partial charge in [0.1, 0.15) is 11.2 Å². The zero-order chi connectivity index (χ0) is 31.2. The van der Waals surface area contributed by atoms with Crippen LogP contribution in [0.15, 0.2) is 162 Å². The van der Waals surface area contributed by atoms with Crippen molar-refractivity contribution in [2.24, 2.45) is 0 Å². The number of hydrogen-bond donors (Lipinski definition) is 0. The van der Waals surface area contributed by atoms with Gasteiger partial charge in [-0.15, -0.1) is 0 Å². The number of furan rings is 1. The van der Waals surface area contributed by atoms with Crippen molar-refractivity contribution in [2.45, 2.75) is 0 Å². The minimum absolute atomic E-state index is 0.598. The van der Waals surface area contributed by atoms with Crippen molar-refractivity contribution in [3.63, 3.8) is 0 Å². The third kappa shape index (κ3) is 4.82. The molecular weight excluding hydrogens is 576 g/mol. The van der Waals surface area contributed by atoms with E-state index in [4.69, 9.17) is 24.4 Å². The highest BCUT2D eigenvalue weighted by Crippen LogP contribution is 2.41. The van der Waals surface area contributed by atoms with E-state index in [1.807, 2.05) is 97.1 Å². The monoisotopic (exact) mass is 602 g/mol. The van der Waals surface area contributed by atoms with Crippen LogP contribution in [0.2, 0.25) is 0 Å². The van der Waals surface area contributed by atoms with Gasteiger partial charge in [0.15, 0.2) is 17.5 Å². The van der Waals surface area contributed by atoms with E-state index in [0.29, 0.717) is 17.5 Å². The number of benzene rings is 6. The number of fused-ring (bicyclic) bond motifs is 5. The first-order valence-corrected chi connectivity index (χ1v) is 15.6. The van der Waals surface area contributed by atoms with E-state index in [1.165, 1.54) is 0 Å². The average Bonchev–Trinajstić information content (AvgIpc) is 3.55. The SMILES string of the molecule is c1ccc(-c2ccc3nc(-c4cccc(-c5nc(-c6ccccc6)nc(-c6ccccc6)n5)c4)c4c5ccccc5oc4c3c2)cc1. The number of rotatable bonds is 5. The summed E-state index contributed by atoms with van der Waals surface area (Å²) in [6.07, 6.45) is 0. The number of nitrogens with zero attached hydrogens (tertiary/aromatic N) is 4. The largest absolute Gasteiger partial charge is 0.455 e. The highest BCUT2D eigenvalue weighted by Gasteiger charge is 2.19. The quantitative estimate of drug-likeness (QED) is 0.196. The molecule has 9 aromatic rings. The summed E-state index contributed by atoms with van der Waals surface area (Å²) in [4.78, 5) is 20.1. The molecule has 47 heavy (non-hydrogen) atoms. The number of aromatic nitrogens is 4. The van der Waals surface area contributed by atoms with Gasteiger partial charge < -0.3 is 4.42 Å². The molecule has 0 saturated heterocycles. The smallest absolute Gasteiger partial charge is 0.164 e. The fourth-order valence-corrected chi connectivity index (χ4v) is 6.22. The molecule has 0 N–H and O–H groups in total. The first-order chi connectivity index (χ1) is 23.3. The van der Waals surface area contributed by atoms with Gasteiger partial charge >= 0.3 is 0 Å². The Morgan fingerprint density at radius 1 is 0.362 bits per heavy atom. The highest BCUT2D eigenvalue weighted by molar-refractivity contribution is 6.19. The zero-order valence-corrected chi connectivity index (χ0v) is 25.2. The normalized spacial score (nSPS) is 11.4. The lowest BCUT2D eigenvalue weighted by Crippen LogP contribution is -2.00. The van der Waals surface area contributed by atoms with Crippen LogP contribution in [-0.4, -0.2) is 19.9 Å². The maximum atomic E-state index is 6.59. The standard InChI is InChI=1S/C42H26N4O/c1-4-13-27(14-5-1)30-23-24-35-34(26-30)39-37(33-21-10-11-22-36(33)47-39)38(43-35)31-19-12-20-32(25-31)42-45-40(28-15-6-2-7-16-28)44-41(46-42)29-17-8-3-9-18-29/h1-26H. The van der Waals surface area contributed by atoms with Crippen molar-refractivity contribution in [1.29, 1.82) is 0 Å². The van der Waals surface area contributed by atoms with Crippen LogP contribution in [0.4, 0.5) is 0 Å². The van der Waals surface area contributed by atoms with Gasteiger partial charge in [0.2, 0.25) is 0 Å². The van der Waals surface area contributed by atoms with Gasteiger partial charge in [-0.3, -0.25) is 0 Å². The molecule has 9 rings (SSSR count). The van der Waals surface area contributed by atoms with Crippen molar-refractivity contribution in [3.8, 4) is 56.5 Å². The predicted molar refractivity (Wildman–Crippen MR) is 190 cm³/mol. The number of hydrogen-bond acceptors (Lipinski definition) is 5. The van der Waals surface area contributed by atoms with Crippen LogP contribution < -0.4 is 0 Å². The molecule has 5 nitrogen and oxygen atoms in total. The molecule has 6 aromatic carbocycles. The van der Waals surface area contributed by atoms with Crippen LogP contribution in [0.3, 0.4) is 0 Å². The van der Waals surface area contributed by atoms with Crippen LogP contribution in [0.25, 0.3) is 89.4 Å². The molecule has 0 fully saturated rings. The second-order valence-electron chi connectivity index (χ2n) is 11.5. The molecule has 0 spiro atoms. The molecule has 0 aliphatic heterocycles. The van der Waals surface area contributed by atoms with E-state index in [9.17, 15) is 0 Å². The van der Waals surface area contributed by atoms with E-state index in [2.05, 4.69) is 60.7 Å². The lowest BCUT2D eigenvalue weighted by atomic mass is 9.98. The second kappa shape index (κ2) is 11.2. The fourth-order valence-electron chi connectivity index (χ4n) is 6.22. The summed E-state index contributed by atoms with van der Waals surface area (Å²) >= 11 is 0. The van der Waals surface area contributed by atoms with Crippen LogP contribution in [0.5, 0.6) is 0 Å².